The predicted molar refractivity (Wildman–Crippen MR) is 148 cm³/mol. The molecule has 13 heteroatoms. The number of nitriles is 1. The van der Waals surface area contributed by atoms with Crippen molar-refractivity contribution < 1.29 is 13.2 Å². The lowest BCUT2D eigenvalue weighted by atomic mass is 10.1. The van der Waals surface area contributed by atoms with Gasteiger partial charge in [-0.3, -0.25) is 9.52 Å². The molecule has 9 nitrogen and oxygen atoms in total. The summed E-state index contributed by atoms with van der Waals surface area (Å²) < 4.78 is 27.4. The number of aromatic nitrogens is 3. The lowest BCUT2D eigenvalue weighted by Crippen LogP contribution is -2.15. The number of hydrogen-bond donors (Lipinski definition) is 2. The summed E-state index contributed by atoms with van der Waals surface area (Å²) >= 11 is 12.9. The van der Waals surface area contributed by atoms with Crippen LogP contribution in [0.3, 0.4) is 0 Å². The molecule has 0 aliphatic carbocycles. The van der Waals surface area contributed by atoms with E-state index in [0.29, 0.717) is 32.7 Å². The first-order chi connectivity index (χ1) is 18.2. The highest BCUT2D eigenvalue weighted by Gasteiger charge is 2.16. The molecular formula is C25H18Cl2N6O3S2. The Morgan fingerprint density at radius 2 is 1.68 bits per heavy atom. The zero-order valence-corrected chi connectivity index (χ0v) is 22.6. The summed E-state index contributed by atoms with van der Waals surface area (Å²) in [6, 6.07) is 21.3. The predicted octanol–water partition coefficient (Wildman–Crippen LogP) is 5.64. The Labute approximate surface area is 233 Å². The molecule has 2 aromatic carbocycles. The molecule has 2 N–H and O–H groups in total. The lowest BCUT2D eigenvalue weighted by Gasteiger charge is -2.09. The molecule has 38 heavy (non-hydrogen) atoms. The second-order valence-electron chi connectivity index (χ2n) is 7.69. The van der Waals surface area contributed by atoms with E-state index >= 15 is 0 Å². The van der Waals surface area contributed by atoms with E-state index in [1.54, 1.807) is 24.3 Å². The fraction of sp³-hybridized carbons (Fsp3) is 0.0800. The van der Waals surface area contributed by atoms with Gasteiger partial charge in [-0.2, -0.15) is 5.26 Å². The quantitative estimate of drug-likeness (QED) is 0.241. The SMILES string of the molecule is N#Cc1ccc(-c2ccc(Cl)cc2)nc1SCCC(=O)Nc1ccc(S(=O)(=O)Nc2ccc(Cl)nn2)cc1. The highest BCUT2D eigenvalue weighted by molar-refractivity contribution is 7.99. The van der Waals surface area contributed by atoms with E-state index in [-0.39, 0.29) is 28.2 Å². The Morgan fingerprint density at radius 3 is 2.34 bits per heavy atom. The highest BCUT2D eigenvalue weighted by atomic mass is 35.5. The third-order valence-electron chi connectivity index (χ3n) is 5.01. The maximum absolute atomic E-state index is 12.5. The van der Waals surface area contributed by atoms with Gasteiger partial charge in [-0.25, -0.2) is 13.4 Å². The number of halogens is 2. The number of nitrogens with one attached hydrogen (secondary N) is 2. The Bertz CT molecular complexity index is 1590. The van der Waals surface area contributed by atoms with Gasteiger partial charge in [0, 0.05) is 28.4 Å². The molecule has 0 unspecified atom stereocenters. The molecule has 0 aliphatic rings. The Balaban J connectivity index is 1.33. The molecule has 0 bridgehead atoms. The van der Waals surface area contributed by atoms with Crippen LogP contribution in [-0.4, -0.2) is 35.3 Å². The van der Waals surface area contributed by atoms with Crippen molar-refractivity contribution in [3.8, 4) is 17.3 Å². The molecule has 0 saturated heterocycles. The minimum atomic E-state index is -3.90. The monoisotopic (exact) mass is 584 g/mol. The first-order valence-corrected chi connectivity index (χ1v) is 14.2. The van der Waals surface area contributed by atoms with Gasteiger partial charge in [0.2, 0.25) is 5.91 Å². The number of thioether (sulfide) groups is 1. The van der Waals surface area contributed by atoms with Crippen LogP contribution < -0.4 is 10.0 Å². The number of benzene rings is 2. The van der Waals surface area contributed by atoms with Crippen LogP contribution in [0.4, 0.5) is 11.5 Å². The Morgan fingerprint density at radius 1 is 0.947 bits per heavy atom. The molecule has 192 valence electrons. The Kier molecular flexibility index (Phi) is 8.81. The van der Waals surface area contributed by atoms with Crippen LogP contribution in [0.25, 0.3) is 11.3 Å². The first kappa shape index (κ1) is 27.3. The van der Waals surface area contributed by atoms with Gasteiger partial charge in [-0.1, -0.05) is 35.3 Å². The van der Waals surface area contributed by atoms with E-state index in [1.165, 1.54) is 48.2 Å². The molecule has 2 heterocycles. The second kappa shape index (κ2) is 12.2. The number of anilines is 2. The summed E-state index contributed by atoms with van der Waals surface area (Å²) in [5.41, 5.74) is 2.41. The van der Waals surface area contributed by atoms with Crippen LogP contribution in [0.2, 0.25) is 10.2 Å². The van der Waals surface area contributed by atoms with Crippen molar-refractivity contribution >= 4 is 62.4 Å². The van der Waals surface area contributed by atoms with Gasteiger partial charge in [0.25, 0.3) is 10.0 Å². The number of nitrogens with zero attached hydrogens (tertiary/aromatic N) is 4. The zero-order chi connectivity index (χ0) is 27.1. The van der Waals surface area contributed by atoms with Crippen molar-refractivity contribution in [2.75, 3.05) is 15.8 Å². The van der Waals surface area contributed by atoms with Crippen LogP contribution in [0, 0.1) is 11.3 Å². The van der Waals surface area contributed by atoms with Crippen molar-refractivity contribution in [1.29, 1.82) is 5.26 Å². The van der Waals surface area contributed by atoms with Crippen molar-refractivity contribution in [2.45, 2.75) is 16.3 Å². The normalized spacial score (nSPS) is 11.0. The molecule has 1 amide bonds. The van der Waals surface area contributed by atoms with E-state index in [0.717, 1.165) is 5.56 Å². The van der Waals surface area contributed by atoms with Crippen LogP contribution in [0.15, 0.2) is 82.7 Å². The number of carbonyl (C=O) groups excluding carboxylic acids is 1. The average molecular weight is 585 g/mol. The molecule has 0 aliphatic heterocycles. The number of rotatable bonds is 9. The van der Waals surface area contributed by atoms with Gasteiger partial charge >= 0.3 is 0 Å². The van der Waals surface area contributed by atoms with E-state index in [9.17, 15) is 18.5 Å². The zero-order valence-electron chi connectivity index (χ0n) is 19.4. The van der Waals surface area contributed by atoms with Crippen molar-refractivity contribution in [3.05, 3.63) is 88.5 Å². The minimum absolute atomic E-state index is 0.0153. The lowest BCUT2D eigenvalue weighted by molar-refractivity contribution is -0.115. The summed E-state index contributed by atoms with van der Waals surface area (Å²) in [6.07, 6.45) is 0.152. The molecule has 0 atom stereocenters. The van der Waals surface area contributed by atoms with Gasteiger partial charge in [0.05, 0.1) is 16.2 Å². The summed E-state index contributed by atoms with van der Waals surface area (Å²) in [5, 5.41) is 20.7. The fourth-order valence-corrected chi connectivity index (χ4v) is 5.30. The van der Waals surface area contributed by atoms with Gasteiger partial charge in [0.15, 0.2) is 11.0 Å². The first-order valence-electron chi connectivity index (χ1n) is 11.0. The van der Waals surface area contributed by atoms with Gasteiger partial charge in [-0.15, -0.1) is 22.0 Å². The van der Waals surface area contributed by atoms with Crippen LogP contribution in [-0.2, 0) is 14.8 Å². The molecule has 0 saturated carbocycles. The second-order valence-corrected chi connectivity index (χ2v) is 11.3. The minimum Gasteiger partial charge on any atom is -0.326 e. The summed E-state index contributed by atoms with van der Waals surface area (Å²) in [7, 11) is -3.90. The molecule has 0 spiro atoms. The largest absolute Gasteiger partial charge is 0.326 e. The van der Waals surface area contributed by atoms with Gasteiger partial charge in [-0.05, 0) is 60.7 Å². The average Bonchev–Trinajstić information content (AvgIpc) is 2.90. The topological polar surface area (TPSA) is 138 Å². The number of sulfonamides is 1. The van der Waals surface area contributed by atoms with Gasteiger partial charge < -0.3 is 5.32 Å². The molecule has 0 fully saturated rings. The number of carbonyl (C=O) groups is 1. The number of amides is 1. The summed E-state index contributed by atoms with van der Waals surface area (Å²) in [4.78, 5) is 17.0. The van der Waals surface area contributed by atoms with Gasteiger partial charge in [0.1, 0.15) is 11.1 Å². The van der Waals surface area contributed by atoms with Crippen molar-refractivity contribution in [2.24, 2.45) is 0 Å². The molecule has 0 radical (unpaired) electrons. The molecule has 2 aromatic heterocycles. The van der Waals surface area contributed by atoms with E-state index in [2.05, 4.69) is 31.3 Å². The Hall–Kier alpha value is -3.69. The summed E-state index contributed by atoms with van der Waals surface area (Å²) in [6.45, 7) is 0. The van der Waals surface area contributed by atoms with Crippen LogP contribution >= 0.6 is 35.0 Å². The van der Waals surface area contributed by atoms with E-state index in [1.807, 2.05) is 12.1 Å². The van der Waals surface area contributed by atoms with E-state index < -0.39 is 10.0 Å². The smallest absolute Gasteiger partial charge is 0.263 e. The maximum atomic E-state index is 12.5. The van der Waals surface area contributed by atoms with Crippen molar-refractivity contribution in [1.82, 2.24) is 15.2 Å². The molecule has 4 aromatic rings. The maximum Gasteiger partial charge on any atom is 0.263 e. The third kappa shape index (κ3) is 7.20. The number of hydrogen-bond acceptors (Lipinski definition) is 8. The van der Waals surface area contributed by atoms with Crippen LogP contribution in [0.5, 0.6) is 0 Å². The van der Waals surface area contributed by atoms with Crippen LogP contribution in [0.1, 0.15) is 12.0 Å². The van der Waals surface area contributed by atoms with Crippen molar-refractivity contribution in [3.63, 3.8) is 0 Å². The van der Waals surface area contributed by atoms with E-state index in [4.69, 9.17) is 23.2 Å². The molecule has 4 rings (SSSR count). The fourth-order valence-electron chi connectivity index (χ4n) is 3.17. The highest BCUT2D eigenvalue weighted by Crippen LogP contribution is 2.27. The standard InChI is InChI=1S/C25H18Cl2N6O3S2/c26-18-4-1-16(2-5-18)21-10-3-17(15-28)25(30-21)37-14-13-24(34)29-19-6-8-20(9-7-19)38(35,36)33-23-12-11-22(27)31-32-23/h1-12H,13-14H2,(H,29,34)(H,32,33). The third-order valence-corrected chi connectivity index (χ3v) is 7.83. The molecular weight excluding hydrogens is 567 g/mol. The summed E-state index contributed by atoms with van der Waals surface area (Å²) in [5.74, 6) is 0.142. The number of pyridine rings is 1.